The fourth-order valence-electron chi connectivity index (χ4n) is 4.03. The second-order valence-corrected chi connectivity index (χ2v) is 9.44. The third-order valence-corrected chi connectivity index (χ3v) is 5.78. The molecule has 31 heavy (non-hydrogen) atoms. The second-order valence-electron chi connectivity index (χ2n) is 9.44. The normalized spacial score (nSPS) is 16.0. The molecular formula is C27H36N2O2. The van der Waals surface area contributed by atoms with Crippen LogP contribution in [0.15, 0.2) is 59.8 Å². The van der Waals surface area contributed by atoms with Gasteiger partial charge in [0.05, 0.1) is 12.3 Å². The molecule has 2 aromatic rings. The second kappa shape index (κ2) is 10.6. The number of unbranched alkanes of at least 4 members (excludes halogenated alkanes) is 3. The van der Waals surface area contributed by atoms with Gasteiger partial charge >= 0.3 is 0 Å². The first-order valence-corrected chi connectivity index (χ1v) is 11.6. The molecule has 0 unspecified atom stereocenters. The molecule has 1 heterocycles. The Morgan fingerprint density at radius 1 is 1.03 bits per heavy atom. The highest BCUT2D eigenvalue weighted by atomic mass is 16.6. The molecule has 0 aromatic heterocycles. The molecule has 0 spiro atoms. The summed E-state index contributed by atoms with van der Waals surface area (Å²) in [7, 11) is 0. The van der Waals surface area contributed by atoms with E-state index in [2.05, 4.69) is 51.0 Å². The molecule has 0 fully saturated rings. The first-order chi connectivity index (χ1) is 14.9. The average molecular weight is 421 g/mol. The van der Waals surface area contributed by atoms with Gasteiger partial charge in [-0.15, -0.1) is 0 Å². The van der Waals surface area contributed by atoms with Gasteiger partial charge in [-0.3, -0.25) is 4.79 Å². The van der Waals surface area contributed by atoms with Crippen molar-refractivity contribution in [3.63, 3.8) is 0 Å². The summed E-state index contributed by atoms with van der Waals surface area (Å²) in [5, 5.41) is 4.26. The molecular weight excluding hydrogens is 384 g/mol. The van der Waals surface area contributed by atoms with Gasteiger partial charge in [-0.25, -0.2) is 0 Å². The summed E-state index contributed by atoms with van der Waals surface area (Å²) in [6, 6.07) is 18.3. The van der Waals surface area contributed by atoms with E-state index in [-0.39, 0.29) is 11.3 Å². The molecule has 3 rings (SSSR count). The van der Waals surface area contributed by atoms with Crippen molar-refractivity contribution >= 4 is 17.3 Å². The van der Waals surface area contributed by atoms with Crippen LogP contribution in [0.25, 0.3) is 0 Å². The van der Waals surface area contributed by atoms with Crippen molar-refractivity contribution < 1.29 is 9.63 Å². The van der Waals surface area contributed by atoms with Crippen LogP contribution in [0.1, 0.15) is 77.3 Å². The maximum atomic E-state index is 13.7. The highest BCUT2D eigenvalue weighted by Gasteiger charge is 2.34. The number of anilines is 1. The van der Waals surface area contributed by atoms with Crippen LogP contribution in [0.5, 0.6) is 0 Å². The number of para-hydroxylation sites is 1. The fraction of sp³-hybridized carbons (Fsp3) is 0.481. The summed E-state index contributed by atoms with van der Waals surface area (Å²) >= 11 is 0. The number of amides is 1. The Balaban J connectivity index is 1.81. The molecule has 1 aliphatic heterocycles. The SMILES string of the molecule is CCCCCCC1=NO[C@H](C(=O)N(Cc2ccccc2)c2ccccc2C(C)(C)C)C1. The summed E-state index contributed by atoms with van der Waals surface area (Å²) in [6.07, 6.45) is 5.73. The number of benzene rings is 2. The van der Waals surface area contributed by atoms with Gasteiger partial charge in [-0.05, 0) is 35.4 Å². The topological polar surface area (TPSA) is 41.9 Å². The lowest BCUT2D eigenvalue weighted by Crippen LogP contribution is -2.40. The first kappa shape index (κ1) is 23.1. The van der Waals surface area contributed by atoms with Crippen LogP contribution < -0.4 is 4.90 Å². The largest absolute Gasteiger partial charge is 0.382 e. The minimum absolute atomic E-state index is 0.0205. The zero-order valence-corrected chi connectivity index (χ0v) is 19.4. The van der Waals surface area contributed by atoms with Crippen molar-refractivity contribution in [2.45, 2.75) is 84.3 Å². The van der Waals surface area contributed by atoms with Crippen molar-refractivity contribution in [2.75, 3.05) is 4.90 Å². The van der Waals surface area contributed by atoms with E-state index in [4.69, 9.17) is 4.84 Å². The minimum atomic E-state index is -0.544. The molecule has 166 valence electrons. The smallest absolute Gasteiger partial charge is 0.271 e. The predicted molar refractivity (Wildman–Crippen MR) is 128 cm³/mol. The van der Waals surface area contributed by atoms with Crippen molar-refractivity contribution in [1.29, 1.82) is 0 Å². The Morgan fingerprint density at radius 3 is 2.45 bits per heavy atom. The molecule has 4 nitrogen and oxygen atoms in total. The minimum Gasteiger partial charge on any atom is -0.382 e. The molecule has 4 heteroatoms. The number of carbonyl (C=O) groups excluding carboxylic acids is 1. The zero-order valence-electron chi connectivity index (χ0n) is 19.4. The van der Waals surface area contributed by atoms with E-state index in [0.717, 1.165) is 35.4 Å². The van der Waals surface area contributed by atoms with Gasteiger partial charge in [0.1, 0.15) is 0 Å². The van der Waals surface area contributed by atoms with E-state index in [1.54, 1.807) is 0 Å². The van der Waals surface area contributed by atoms with Crippen molar-refractivity contribution in [3.8, 4) is 0 Å². The van der Waals surface area contributed by atoms with Crippen molar-refractivity contribution in [3.05, 3.63) is 65.7 Å². The lowest BCUT2D eigenvalue weighted by atomic mass is 9.85. The lowest BCUT2D eigenvalue weighted by Gasteiger charge is -2.31. The van der Waals surface area contributed by atoms with Crippen LogP contribution in [0.4, 0.5) is 5.69 Å². The summed E-state index contributed by atoms with van der Waals surface area (Å²) in [5.74, 6) is -0.0205. The van der Waals surface area contributed by atoms with Gasteiger partial charge < -0.3 is 9.74 Å². The molecule has 0 N–H and O–H groups in total. The average Bonchev–Trinajstić information content (AvgIpc) is 3.24. The molecule has 0 aliphatic carbocycles. The van der Waals surface area contributed by atoms with Crippen LogP contribution in [0.2, 0.25) is 0 Å². The first-order valence-electron chi connectivity index (χ1n) is 11.6. The molecule has 1 aliphatic rings. The van der Waals surface area contributed by atoms with Crippen LogP contribution >= 0.6 is 0 Å². The Morgan fingerprint density at radius 2 is 1.74 bits per heavy atom. The third kappa shape index (κ3) is 6.19. The summed E-state index contributed by atoms with van der Waals surface area (Å²) in [5.41, 5.74) is 4.13. The van der Waals surface area contributed by atoms with E-state index in [9.17, 15) is 4.79 Å². The van der Waals surface area contributed by atoms with E-state index in [0.29, 0.717) is 13.0 Å². The quantitative estimate of drug-likeness (QED) is 0.427. The Bertz CT molecular complexity index is 884. The highest BCUT2D eigenvalue weighted by Crippen LogP contribution is 2.34. The van der Waals surface area contributed by atoms with Gasteiger partial charge in [-0.2, -0.15) is 0 Å². The monoisotopic (exact) mass is 420 g/mol. The highest BCUT2D eigenvalue weighted by molar-refractivity contribution is 6.01. The number of hydrogen-bond donors (Lipinski definition) is 0. The standard InChI is InChI=1S/C27H36N2O2/c1-5-6-7-11-16-22-19-25(31-28-22)26(30)29(20-21-14-9-8-10-15-21)24-18-13-12-17-23(24)27(2,3)4/h8-10,12-15,17-18,25H,5-7,11,16,19-20H2,1-4H3/t25-/m0/s1. The number of carbonyl (C=O) groups is 1. The maximum Gasteiger partial charge on any atom is 0.271 e. The third-order valence-electron chi connectivity index (χ3n) is 5.78. The lowest BCUT2D eigenvalue weighted by molar-refractivity contribution is -0.128. The van der Waals surface area contributed by atoms with E-state index < -0.39 is 6.10 Å². The van der Waals surface area contributed by atoms with E-state index >= 15 is 0 Å². The number of hydrogen-bond acceptors (Lipinski definition) is 3. The molecule has 2 aromatic carbocycles. The molecule has 0 radical (unpaired) electrons. The van der Waals surface area contributed by atoms with E-state index in [1.807, 2.05) is 41.3 Å². The van der Waals surface area contributed by atoms with Crippen molar-refractivity contribution in [2.24, 2.45) is 5.16 Å². The predicted octanol–water partition coefficient (Wildman–Crippen LogP) is 6.63. The summed E-state index contributed by atoms with van der Waals surface area (Å²) in [6.45, 7) is 9.27. The van der Waals surface area contributed by atoms with E-state index in [1.165, 1.54) is 19.3 Å². The number of oxime groups is 1. The Hall–Kier alpha value is -2.62. The maximum absolute atomic E-state index is 13.7. The number of nitrogens with zero attached hydrogens (tertiary/aromatic N) is 2. The molecule has 0 saturated carbocycles. The summed E-state index contributed by atoms with van der Waals surface area (Å²) < 4.78 is 0. The fourth-order valence-corrected chi connectivity index (χ4v) is 4.03. The zero-order chi connectivity index (χ0) is 22.3. The van der Waals surface area contributed by atoms with Crippen LogP contribution in [0.3, 0.4) is 0 Å². The Labute approximate surface area is 187 Å². The van der Waals surface area contributed by atoms with Crippen molar-refractivity contribution in [1.82, 2.24) is 0 Å². The summed E-state index contributed by atoms with van der Waals surface area (Å²) in [4.78, 5) is 21.2. The van der Waals surface area contributed by atoms with Crippen LogP contribution in [-0.4, -0.2) is 17.7 Å². The van der Waals surface area contributed by atoms with Crippen LogP contribution in [0, 0.1) is 0 Å². The van der Waals surface area contributed by atoms with Gasteiger partial charge in [0, 0.05) is 12.1 Å². The number of rotatable bonds is 9. The van der Waals surface area contributed by atoms with Gasteiger partial charge in [0.25, 0.3) is 5.91 Å². The van der Waals surface area contributed by atoms with Gasteiger partial charge in [0.15, 0.2) is 0 Å². The molecule has 0 bridgehead atoms. The molecule has 0 saturated heterocycles. The van der Waals surface area contributed by atoms with Gasteiger partial charge in [-0.1, -0.05) is 101 Å². The molecule has 1 atom stereocenters. The molecule has 1 amide bonds. The Kier molecular flexibility index (Phi) is 7.89. The van der Waals surface area contributed by atoms with Crippen LogP contribution in [-0.2, 0) is 21.6 Å². The van der Waals surface area contributed by atoms with Gasteiger partial charge in [0.2, 0.25) is 6.10 Å².